The molecule has 1 amide bonds. The van der Waals surface area contributed by atoms with Gasteiger partial charge in [-0.2, -0.15) is 0 Å². The summed E-state index contributed by atoms with van der Waals surface area (Å²) >= 11 is 1.39. The Morgan fingerprint density at radius 3 is 2.52 bits per heavy atom. The predicted octanol–water partition coefficient (Wildman–Crippen LogP) is 4.81. The zero-order chi connectivity index (χ0) is 22.3. The van der Waals surface area contributed by atoms with Crippen LogP contribution in [0.4, 0.5) is 10.1 Å². The van der Waals surface area contributed by atoms with Gasteiger partial charge in [-0.25, -0.2) is 17.5 Å². The van der Waals surface area contributed by atoms with Crippen LogP contribution in [-0.4, -0.2) is 20.9 Å². The Hall–Kier alpha value is -3.07. The molecule has 0 aliphatic heterocycles. The minimum atomic E-state index is -3.43. The minimum Gasteiger partial charge on any atom is -0.323 e. The van der Waals surface area contributed by atoms with Gasteiger partial charge in [0.05, 0.1) is 5.75 Å². The monoisotopic (exact) mass is 456 g/mol. The van der Waals surface area contributed by atoms with Crippen LogP contribution < -0.4 is 10.0 Å². The average Bonchev–Trinajstić information content (AvgIpc) is 3.21. The Balaban J connectivity index is 1.58. The maximum absolute atomic E-state index is 13.9. The van der Waals surface area contributed by atoms with E-state index >= 15 is 0 Å². The summed E-state index contributed by atoms with van der Waals surface area (Å²) in [4.78, 5) is 13.8. The van der Waals surface area contributed by atoms with E-state index in [1.54, 1.807) is 48.5 Å². The molecule has 0 fully saturated rings. The van der Waals surface area contributed by atoms with E-state index in [0.29, 0.717) is 16.8 Å². The van der Waals surface area contributed by atoms with Gasteiger partial charge in [-0.05, 0) is 42.0 Å². The maximum atomic E-state index is 13.9. The lowest BCUT2D eigenvalue weighted by atomic mass is 10.2. The molecule has 0 atom stereocenters. The first-order valence-electron chi connectivity index (χ1n) is 9.37. The molecule has 2 aromatic carbocycles. The predicted molar refractivity (Wildman–Crippen MR) is 125 cm³/mol. The van der Waals surface area contributed by atoms with E-state index in [-0.39, 0.29) is 24.0 Å². The molecule has 31 heavy (non-hydrogen) atoms. The molecule has 8 heteroatoms. The van der Waals surface area contributed by atoms with Crippen molar-refractivity contribution in [2.45, 2.75) is 5.75 Å². The number of hydrogen-bond acceptors (Lipinski definition) is 4. The van der Waals surface area contributed by atoms with E-state index in [9.17, 15) is 17.6 Å². The highest BCUT2D eigenvalue weighted by molar-refractivity contribution is 7.88. The third kappa shape index (κ3) is 6.71. The van der Waals surface area contributed by atoms with Gasteiger partial charge in [-0.1, -0.05) is 36.4 Å². The lowest BCUT2D eigenvalue weighted by Crippen LogP contribution is -2.25. The number of carbonyl (C=O) groups is 1. The highest BCUT2D eigenvalue weighted by Gasteiger charge is 2.10. The first-order chi connectivity index (χ1) is 14.9. The van der Waals surface area contributed by atoms with Crippen molar-refractivity contribution in [2.24, 2.45) is 0 Å². The molecule has 0 saturated heterocycles. The van der Waals surface area contributed by atoms with Crippen molar-refractivity contribution in [3.8, 4) is 10.4 Å². The highest BCUT2D eigenvalue weighted by atomic mass is 32.2. The quantitative estimate of drug-likeness (QED) is 0.358. The maximum Gasteiger partial charge on any atom is 0.248 e. The van der Waals surface area contributed by atoms with Crippen LogP contribution in [0.3, 0.4) is 0 Å². The topological polar surface area (TPSA) is 75.3 Å². The summed E-state index contributed by atoms with van der Waals surface area (Å²) in [6.07, 6.45) is 4.53. The Bertz CT molecular complexity index is 1200. The van der Waals surface area contributed by atoms with Crippen molar-refractivity contribution in [1.82, 2.24) is 4.72 Å². The SMILES string of the molecule is C=CCNS(=O)(=O)Cc1ccc(NC(=O)/C=C/c2ccc(-c3ccccc3F)s2)cc1. The lowest BCUT2D eigenvalue weighted by Gasteiger charge is -2.06. The van der Waals surface area contributed by atoms with E-state index in [2.05, 4.69) is 16.6 Å². The Labute approximate surface area is 185 Å². The number of anilines is 1. The van der Waals surface area contributed by atoms with E-state index in [1.165, 1.54) is 29.6 Å². The summed E-state index contributed by atoms with van der Waals surface area (Å²) in [5, 5.41) is 2.72. The van der Waals surface area contributed by atoms with Gasteiger partial charge >= 0.3 is 0 Å². The van der Waals surface area contributed by atoms with Gasteiger partial charge in [0, 0.05) is 33.6 Å². The molecule has 0 saturated carbocycles. The number of benzene rings is 2. The second-order valence-corrected chi connectivity index (χ2v) is 9.52. The standard InChI is InChI=1S/C23H21FN2O3S2/c1-2-15-25-31(28,29)16-17-7-9-18(10-8-17)26-23(27)14-12-19-11-13-22(30-19)20-5-3-4-6-21(20)24/h2-14,25H,1,15-16H2,(H,26,27)/b14-12+. The molecule has 0 unspecified atom stereocenters. The molecule has 0 radical (unpaired) electrons. The second kappa shape index (κ2) is 10.3. The van der Waals surface area contributed by atoms with Gasteiger partial charge in [0.1, 0.15) is 5.82 Å². The molecule has 2 N–H and O–H groups in total. The van der Waals surface area contributed by atoms with Crippen molar-refractivity contribution in [1.29, 1.82) is 0 Å². The van der Waals surface area contributed by atoms with Crippen molar-refractivity contribution >= 4 is 39.0 Å². The number of amides is 1. The van der Waals surface area contributed by atoms with Crippen LogP contribution >= 0.6 is 11.3 Å². The largest absolute Gasteiger partial charge is 0.323 e. The van der Waals surface area contributed by atoms with Gasteiger partial charge in [-0.3, -0.25) is 4.79 Å². The number of nitrogens with one attached hydrogen (secondary N) is 2. The van der Waals surface area contributed by atoms with Crippen LogP contribution in [0.25, 0.3) is 16.5 Å². The molecule has 160 valence electrons. The number of carbonyl (C=O) groups excluding carboxylic acids is 1. The van der Waals surface area contributed by atoms with Crippen LogP contribution in [0.1, 0.15) is 10.4 Å². The van der Waals surface area contributed by atoms with Gasteiger partial charge in [0.15, 0.2) is 0 Å². The van der Waals surface area contributed by atoms with Gasteiger partial charge in [0.25, 0.3) is 0 Å². The minimum absolute atomic E-state index is 0.155. The van der Waals surface area contributed by atoms with Crippen molar-refractivity contribution < 1.29 is 17.6 Å². The summed E-state index contributed by atoms with van der Waals surface area (Å²) in [6, 6.07) is 16.8. The van der Waals surface area contributed by atoms with Crippen LogP contribution in [0.2, 0.25) is 0 Å². The molecule has 1 heterocycles. The smallest absolute Gasteiger partial charge is 0.248 e. The summed E-state index contributed by atoms with van der Waals surface area (Å²) in [7, 11) is -3.43. The van der Waals surface area contributed by atoms with Crippen molar-refractivity contribution in [3.05, 3.63) is 95.7 Å². The number of hydrogen-bond donors (Lipinski definition) is 2. The average molecular weight is 457 g/mol. The summed E-state index contributed by atoms with van der Waals surface area (Å²) in [5.74, 6) is -0.767. The molecule has 5 nitrogen and oxygen atoms in total. The summed E-state index contributed by atoms with van der Waals surface area (Å²) < 4.78 is 40.1. The zero-order valence-electron chi connectivity index (χ0n) is 16.5. The summed E-state index contributed by atoms with van der Waals surface area (Å²) in [5.41, 5.74) is 1.68. The van der Waals surface area contributed by atoms with Crippen LogP contribution in [0.15, 0.2) is 79.4 Å². The van der Waals surface area contributed by atoms with E-state index in [0.717, 1.165) is 9.75 Å². The fraction of sp³-hybridized carbons (Fsp3) is 0.0870. The molecule has 1 aromatic heterocycles. The van der Waals surface area contributed by atoms with Gasteiger partial charge in [0.2, 0.25) is 15.9 Å². The number of sulfonamides is 1. The van der Waals surface area contributed by atoms with Crippen LogP contribution in [-0.2, 0) is 20.6 Å². The fourth-order valence-electron chi connectivity index (χ4n) is 2.73. The zero-order valence-corrected chi connectivity index (χ0v) is 18.2. The molecule has 3 rings (SSSR count). The molecule has 0 aliphatic rings. The van der Waals surface area contributed by atoms with Crippen molar-refractivity contribution in [2.75, 3.05) is 11.9 Å². The molecule has 3 aromatic rings. The summed E-state index contributed by atoms with van der Waals surface area (Å²) in [6.45, 7) is 3.65. The highest BCUT2D eigenvalue weighted by Crippen LogP contribution is 2.30. The molecule has 0 aliphatic carbocycles. The first kappa shape index (κ1) is 22.6. The number of halogens is 1. The molecular weight excluding hydrogens is 435 g/mol. The first-order valence-corrected chi connectivity index (χ1v) is 11.8. The third-order valence-electron chi connectivity index (χ3n) is 4.19. The van der Waals surface area contributed by atoms with E-state index < -0.39 is 10.0 Å². The lowest BCUT2D eigenvalue weighted by molar-refractivity contribution is -0.111. The number of thiophene rings is 1. The molecule has 0 bridgehead atoms. The van der Waals surface area contributed by atoms with E-state index in [1.807, 2.05) is 12.1 Å². The Morgan fingerprint density at radius 2 is 1.81 bits per heavy atom. The Kier molecular flexibility index (Phi) is 7.51. The molecular formula is C23H21FN2O3S2. The second-order valence-electron chi connectivity index (χ2n) is 6.60. The van der Waals surface area contributed by atoms with E-state index in [4.69, 9.17) is 0 Å². The van der Waals surface area contributed by atoms with Gasteiger partial charge in [-0.15, -0.1) is 17.9 Å². The molecule has 0 spiro atoms. The van der Waals surface area contributed by atoms with Gasteiger partial charge < -0.3 is 5.32 Å². The normalized spacial score (nSPS) is 11.5. The van der Waals surface area contributed by atoms with Crippen molar-refractivity contribution in [3.63, 3.8) is 0 Å². The fourth-order valence-corrected chi connectivity index (χ4v) is 4.77. The number of rotatable bonds is 9. The van der Waals surface area contributed by atoms with Crippen LogP contribution in [0.5, 0.6) is 0 Å². The third-order valence-corrected chi connectivity index (χ3v) is 6.59. The van der Waals surface area contributed by atoms with Crippen LogP contribution in [0, 0.1) is 5.82 Å². The Morgan fingerprint density at radius 1 is 1.06 bits per heavy atom.